The molecule has 0 aliphatic carbocycles. The lowest BCUT2D eigenvalue weighted by Crippen LogP contribution is -2.32. The highest BCUT2D eigenvalue weighted by atomic mass is 32.1. The topological polar surface area (TPSA) is 57.3 Å². The standard InChI is InChI=1S/C22H26N4OS/c1-16(27)25-22-24-14-21(28-22)15-26-10-7-17(8-11-26)2-3-18-4-5-20-13-23-9-6-19(20)12-18/h4-5,12,14,17,23H,6-11,13,15H2,1H3,(H,24,25,27). The number of nitrogens with zero attached hydrogens (tertiary/aromatic N) is 2. The van der Waals surface area contributed by atoms with E-state index in [0.29, 0.717) is 11.0 Å². The Balaban J connectivity index is 1.28. The molecule has 2 N–H and O–H groups in total. The number of hydrogen-bond donors (Lipinski definition) is 2. The molecule has 5 nitrogen and oxygen atoms in total. The number of likely N-dealkylation sites (tertiary alicyclic amines) is 1. The summed E-state index contributed by atoms with van der Waals surface area (Å²) in [5, 5.41) is 6.85. The molecule has 4 rings (SSSR count). The minimum atomic E-state index is -0.0733. The van der Waals surface area contributed by atoms with Crippen molar-refractivity contribution in [3.8, 4) is 11.8 Å². The van der Waals surface area contributed by atoms with Gasteiger partial charge in [-0.25, -0.2) is 4.98 Å². The first-order chi connectivity index (χ1) is 13.7. The fraction of sp³-hybridized carbons (Fsp3) is 0.455. The van der Waals surface area contributed by atoms with Gasteiger partial charge in [0.05, 0.1) is 0 Å². The predicted octanol–water partition coefficient (Wildman–Crippen LogP) is 3.01. The fourth-order valence-electron chi connectivity index (χ4n) is 3.79. The van der Waals surface area contributed by atoms with Crippen molar-refractivity contribution in [3.05, 3.63) is 46.0 Å². The van der Waals surface area contributed by atoms with Gasteiger partial charge in [0, 0.05) is 42.6 Å². The Morgan fingerprint density at radius 2 is 2.21 bits per heavy atom. The maximum absolute atomic E-state index is 11.1. The molecular weight excluding hydrogens is 368 g/mol. The average Bonchev–Trinajstić information content (AvgIpc) is 3.13. The van der Waals surface area contributed by atoms with Crippen molar-refractivity contribution in [1.29, 1.82) is 0 Å². The largest absolute Gasteiger partial charge is 0.312 e. The molecule has 3 heterocycles. The normalized spacial score (nSPS) is 17.5. The van der Waals surface area contributed by atoms with Crippen LogP contribution in [0.15, 0.2) is 24.4 Å². The Bertz CT molecular complexity index is 903. The second-order valence-electron chi connectivity index (χ2n) is 7.54. The number of benzene rings is 1. The molecule has 6 heteroatoms. The number of nitrogens with one attached hydrogen (secondary N) is 2. The van der Waals surface area contributed by atoms with Gasteiger partial charge in [0.2, 0.25) is 5.91 Å². The number of carbonyl (C=O) groups excluding carboxylic acids is 1. The van der Waals surface area contributed by atoms with Gasteiger partial charge in [0.1, 0.15) is 0 Å². The number of piperidine rings is 1. The highest BCUT2D eigenvalue weighted by molar-refractivity contribution is 7.15. The number of carbonyl (C=O) groups is 1. The van der Waals surface area contributed by atoms with E-state index < -0.39 is 0 Å². The fourth-order valence-corrected chi connectivity index (χ4v) is 4.69. The molecule has 2 aromatic rings. The smallest absolute Gasteiger partial charge is 0.223 e. The number of thiazole rings is 1. The van der Waals surface area contributed by atoms with Gasteiger partial charge in [0.25, 0.3) is 0 Å². The summed E-state index contributed by atoms with van der Waals surface area (Å²) in [5.41, 5.74) is 4.01. The quantitative estimate of drug-likeness (QED) is 0.786. The summed E-state index contributed by atoms with van der Waals surface area (Å²) in [6, 6.07) is 6.65. The zero-order chi connectivity index (χ0) is 19.3. The molecule has 2 aliphatic heterocycles. The zero-order valence-corrected chi connectivity index (χ0v) is 17.1. The van der Waals surface area contributed by atoms with Crippen molar-refractivity contribution in [2.75, 3.05) is 25.0 Å². The van der Waals surface area contributed by atoms with E-state index in [1.54, 1.807) is 11.3 Å². The number of hydrogen-bond acceptors (Lipinski definition) is 5. The zero-order valence-electron chi connectivity index (χ0n) is 16.3. The number of amides is 1. The molecule has 28 heavy (non-hydrogen) atoms. The lowest BCUT2D eigenvalue weighted by molar-refractivity contribution is -0.114. The molecular formula is C22H26N4OS. The van der Waals surface area contributed by atoms with Gasteiger partial charge in [-0.05, 0) is 62.2 Å². The average molecular weight is 395 g/mol. The number of rotatable bonds is 3. The molecule has 146 valence electrons. The molecule has 0 radical (unpaired) electrons. The van der Waals surface area contributed by atoms with E-state index in [9.17, 15) is 4.79 Å². The second-order valence-corrected chi connectivity index (χ2v) is 8.66. The van der Waals surface area contributed by atoms with Gasteiger partial charge < -0.3 is 10.6 Å². The van der Waals surface area contributed by atoms with Crippen molar-refractivity contribution in [1.82, 2.24) is 15.2 Å². The molecule has 0 atom stereocenters. The highest BCUT2D eigenvalue weighted by Gasteiger charge is 2.18. The van der Waals surface area contributed by atoms with Crippen molar-refractivity contribution >= 4 is 22.4 Å². The predicted molar refractivity (Wildman–Crippen MR) is 113 cm³/mol. The monoisotopic (exact) mass is 394 g/mol. The minimum absolute atomic E-state index is 0.0733. The summed E-state index contributed by atoms with van der Waals surface area (Å²) in [5.74, 6) is 7.32. The molecule has 0 spiro atoms. The molecule has 2 aliphatic rings. The number of fused-ring (bicyclic) bond motifs is 1. The van der Waals surface area contributed by atoms with Crippen LogP contribution in [0.1, 0.15) is 41.3 Å². The van der Waals surface area contributed by atoms with E-state index in [1.807, 2.05) is 6.20 Å². The van der Waals surface area contributed by atoms with Crippen molar-refractivity contribution in [2.45, 2.75) is 39.3 Å². The molecule has 0 saturated carbocycles. The summed E-state index contributed by atoms with van der Waals surface area (Å²) in [7, 11) is 0. The van der Waals surface area contributed by atoms with Crippen LogP contribution in [0.5, 0.6) is 0 Å². The minimum Gasteiger partial charge on any atom is -0.312 e. The first kappa shape index (κ1) is 19.1. The Morgan fingerprint density at radius 1 is 1.36 bits per heavy atom. The van der Waals surface area contributed by atoms with Crippen LogP contribution in [0.25, 0.3) is 0 Å². The lowest BCUT2D eigenvalue weighted by atomic mass is 9.95. The summed E-state index contributed by atoms with van der Waals surface area (Å²) in [6.45, 7) is 6.57. The Kier molecular flexibility index (Phi) is 6.06. The van der Waals surface area contributed by atoms with E-state index >= 15 is 0 Å². The van der Waals surface area contributed by atoms with Gasteiger partial charge in [-0.3, -0.25) is 9.69 Å². The molecule has 1 saturated heterocycles. The maximum Gasteiger partial charge on any atom is 0.223 e. The van der Waals surface area contributed by atoms with Gasteiger partial charge in [0.15, 0.2) is 5.13 Å². The van der Waals surface area contributed by atoms with Crippen molar-refractivity contribution < 1.29 is 4.79 Å². The van der Waals surface area contributed by atoms with E-state index in [4.69, 9.17) is 0 Å². The van der Waals surface area contributed by atoms with E-state index in [-0.39, 0.29) is 5.91 Å². The van der Waals surface area contributed by atoms with Gasteiger partial charge in [-0.15, -0.1) is 11.3 Å². The van der Waals surface area contributed by atoms with Crippen LogP contribution in [-0.4, -0.2) is 35.4 Å². The Hall–Kier alpha value is -2.20. The molecule has 0 bridgehead atoms. The van der Waals surface area contributed by atoms with Crippen LogP contribution in [0.2, 0.25) is 0 Å². The number of anilines is 1. The van der Waals surface area contributed by atoms with Crippen LogP contribution in [0.3, 0.4) is 0 Å². The van der Waals surface area contributed by atoms with Crippen molar-refractivity contribution in [3.63, 3.8) is 0 Å². The second kappa shape index (κ2) is 8.87. The SMILES string of the molecule is CC(=O)Nc1ncc(CN2CCC(C#Cc3ccc4c(c3)CCNC4)CC2)s1. The third kappa shape index (κ3) is 4.99. The number of aromatic nitrogens is 1. The summed E-state index contributed by atoms with van der Waals surface area (Å²) < 4.78 is 0. The lowest BCUT2D eigenvalue weighted by Gasteiger charge is -2.29. The van der Waals surface area contributed by atoms with Crippen LogP contribution >= 0.6 is 11.3 Å². The van der Waals surface area contributed by atoms with Crippen molar-refractivity contribution in [2.24, 2.45) is 5.92 Å². The first-order valence-electron chi connectivity index (χ1n) is 9.94. The molecule has 1 amide bonds. The van der Waals surface area contributed by atoms with Crippen LogP contribution < -0.4 is 10.6 Å². The molecule has 0 unspecified atom stereocenters. The van der Waals surface area contributed by atoms with E-state index in [0.717, 1.165) is 57.5 Å². The molecule has 1 aromatic heterocycles. The van der Waals surface area contributed by atoms with E-state index in [2.05, 4.69) is 50.6 Å². The summed E-state index contributed by atoms with van der Waals surface area (Å²) in [6.07, 6.45) is 5.19. The Morgan fingerprint density at radius 3 is 3.04 bits per heavy atom. The van der Waals surface area contributed by atoms with Gasteiger partial charge >= 0.3 is 0 Å². The highest BCUT2D eigenvalue weighted by Crippen LogP contribution is 2.23. The van der Waals surface area contributed by atoms with Crippen LogP contribution in [-0.2, 0) is 24.3 Å². The van der Waals surface area contributed by atoms with Crippen LogP contribution in [0, 0.1) is 17.8 Å². The summed E-state index contributed by atoms with van der Waals surface area (Å²) in [4.78, 5) is 19.0. The van der Waals surface area contributed by atoms with Gasteiger partial charge in [-0.2, -0.15) is 0 Å². The summed E-state index contributed by atoms with van der Waals surface area (Å²) >= 11 is 1.56. The molecule has 1 aromatic carbocycles. The first-order valence-corrected chi connectivity index (χ1v) is 10.8. The van der Waals surface area contributed by atoms with E-state index in [1.165, 1.54) is 22.9 Å². The van der Waals surface area contributed by atoms with Crippen LogP contribution in [0.4, 0.5) is 5.13 Å². The van der Waals surface area contributed by atoms with Gasteiger partial charge in [-0.1, -0.05) is 17.9 Å². The molecule has 1 fully saturated rings. The maximum atomic E-state index is 11.1. The third-order valence-electron chi connectivity index (χ3n) is 5.32. The third-order valence-corrected chi connectivity index (χ3v) is 6.21. The Labute approximate surface area is 170 Å².